The molecule has 11 heteroatoms. The van der Waals surface area contributed by atoms with Gasteiger partial charge in [0.15, 0.2) is 0 Å². The van der Waals surface area contributed by atoms with Crippen LogP contribution in [0.2, 0.25) is 0 Å². The summed E-state index contributed by atoms with van der Waals surface area (Å²) in [6.45, 7) is 3.58. The van der Waals surface area contributed by atoms with E-state index in [0.29, 0.717) is 39.3 Å². The van der Waals surface area contributed by atoms with E-state index in [1.165, 1.54) is 0 Å². The van der Waals surface area contributed by atoms with Crippen LogP contribution in [0.3, 0.4) is 0 Å². The maximum Gasteiger partial charge on any atom is 1.00 e. The molecule has 12 N–H and O–H groups in total. The van der Waals surface area contributed by atoms with Crippen molar-refractivity contribution >= 4 is 0 Å². The average molecular weight is 350 g/mol. The van der Waals surface area contributed by atoms with Crippen LogP contribution in [0.4, 0.5) is 0 Å². The molecule has 0 aromatic heterocycles. The molecule has 0 radical (unpaired) electrons. The molecular formula is C6H24AgN7O3. The van der Waals surface area contributed by atoms with Crippen molar-refractivity contribution in [2.24, 2.45) is 34.4 Å². The average Bonchev–Trinajstić information content (AvgIpc) is 2.28. The minimum atomic E-state index is -1.75. The van der Waals surface area contributed by atoms with Crippen LogP contribution in [0.15, 0.2) is 0 Å². The molecule has 0 aliphatic rings. The fraction of sp³-hybridized carbons (Fsp3) is 1.00. The van der Waals surface area contributed by atoms with Gasteiger partial charge < -0.3 is 49.7 Å². The number of hydrogen-bond donors (Lipinski definition) is 6. The molecule has 0 fully saturated rings. The van der Waals surface area contributed by atoms with Gasteiger partial charge in [0.1, 0.15) is 0 Å². The van der Waals surface area contributed by atoms with Crippen LogP contribution in [-0.2, 0) is 22.4 Å². The standard InChI is InChI=1S/3C2H8N2.Ag.NO3/c3*3-1-2-4;;2-1(3)4/h3*1-4H2;;/q;;;+1;-1. The molecule has 0 amide bonds. The second kappa shape index (κ2) is 44.8. The summed E-state index contributed by atoms with van der Waals surface area (Å²) < 4.78 is 0. The van der Waals surface area contributed by atoms with Gasteiger partial charge in [-0.1, -0.05) is 0 Å². The Labute approximate surface area is 117 Å². The summed E-state index contributed by atoms with van der Waals surface area (Å²) in [5.41, 5.74) is 29.4. The van der Waals surface area contributed by atoms with Crippen LogP contribution in [-0.4, -0.2) is 44.4 Å². The Bertz CT molecular complexity index is 92.1. The van der Waals surface area contributed by atoms with Gasteiger partial charge in [0.2, 0.25) is 0 Å². The monoisotopic (exact) mass is 349 g/mol. The first-order chi connectivity index (χ1) is 7.47. The van der Waals surface area contributed by atoms with Gasteiger partial charge in [-0.05, 0) is 0 Å². The summed E-state index contributed by atoms with van der Waals surface area (Å²) in [6.07, 6.45) is 0. The van der Waals surface area contributed by atoms with Crippen molar-refractivity contribution in [3.8, 4) is 0 Å². The molecule has 0 spiro atoms. The Morgan fingerprint density at radius 1 is 0.647 bits per heavy atom. The van der Waals surface area contributed by atoms with Crippen molar-refractivity contribution in [2.45, 2.75) is 0 Å². The van der Waals surface area contributed by atoms with Crippen LogP contribution in [0.25, 0.3) is 0 Å². The van der Waals surface area contributed by atoms with Gasteiger partial charge >= 0.3 is 22.4 Å². The third kappa shape index (κ3) is 404. The van der Waals surface area contributed by atoms with Crippen molar-refractivity contribution in [1.82, 2.24) is 0 Å². The van der Waals surface area contributed by atoms with Crippen LogP contribution in [0.1, 0.15) is 0 Å². The molecule has 0 aromatic carbocycles. The van der Waals surface area contributed by atoms with Crippen molar-refractivity contribution in [3.63, 3.8) is 0 Å². The first-order valence-corrected chi connectivity index (χ1v) is 4.50. The van der Waals surface area contributed by atoms with E-state index in [1.807, 2.05) is 0 Å². The van der Waals surface area contributed by atoms with Gasteiger partial charge in [0, 0.05) is 39.3 Å². The van der Waals surface area contributed by atoms with Gasteiger partial charge in [-0.2, -0.15) is 0 Å². The largest absolute Gasteiger partial charge is 1.00 e. The Morgan fingerprint density at radius 3 is 0.706 bits per heavy atom. The molecule has 0 atom stereocenters. The summed E-state index contributed by atoms with van der Waals surface area (Å²) in [6, 6.07) is 0. The molecule has 17 heavy (non-hydrogen) atoms. The van der Waals surface area contributed by atoms with Gasteiger partial charge in [-0.15, -0.1) is 0 Å². The summed E-state index contributed by atoms with van der Waals surface area (Å²) in [4.78, 5) is 8.25. The second-order valence-corrected chi connectivity index (χ2v) is 1.96. The van der Waals surface area contributed by atoms with Gasteiger partial charge in [0.25, 0.3) is 0 Å². The van der Waals surface area contributed by atoms with Gasteiger partial charge in [0.05, 0.1) is 5.09 Å². The molecule has 0 rings (SSSR count). The predicted molar refractivity (Wildman–Crippen MR) is 64.7 cm³/mol. The maximum absolute atomic E-state index is 8.25. The Kier molecular flexibility index (Phi) is 79.3. The minimum Gasteiger partial charge on any atom is -0.356 e. The molecule has 0 aromatic rings. The normalized spacial score (nSPS) is 6.71. The third-order valence-corrected chi connectivity index (χ3v) is 0.500. The maximum atomic E-state index is 8.25. The number of hydrogen-bond acceptors (Lipinski definition) is 9. The summed E-state index contributed by atoms with van der Waals surface area (Å²) in [7, 11) is 0. The van der Waals surface area contributed by atoms with Crippen molar-refractivity contribution in [3.05, 3.63) is 15.3 Å². The third-order valence-electron chi connectivity index (χ3n) is 0.500. The zero-order chi connectivity index (χ0) is 13.8. The van der Waals surface area contributed by atoms with E-state index in [1.54, 1.807) is 0 Å². The van der Waals surface area contributed by atoms with E-state index in [9.17, 15) is 0 Å². The van der Waals surface area contributed by atoms with Crippen LogP contribution < -0.4 is 34.4 Å². The fourth-order valence-corrected chi connectivity index (χ4v) is 0. The quantitative estimate of drug-likeness (QED) is 0.168. The Balaban J connectivity index is -0.0000000369. The summed E-state index contributed by atoms with van der Waals surface area (Å²) >= 11 is 0. The molecule has 0 saturated heterocycles. The number of rotatable bonds is 3. The molecule has 0 saturated carbocycles. The van der Waals surface area contributed by atoms with Crippen LogP contribution >= 0.6 is 0 Å². The van der Waals surface area contributed by atoms with Crippen LogP contribution in [0.5, 0.6) is 0 Å². The molecule has 0 heterocycles. The number of nitrogens with two attached hydrogens (primary N) is 6. The van der Waals surface area contributed by atoms with E-state index in [0.717, 1.165) is 0 Å². The van der Waals surface area contributed by atoms with E-state index in [4.69, 9.17) is 49.7 Å². The Morgan fingerprint density at radius 2 is 0.706 bits per heavy atom. The molecular weight excluding hydrogens is 326 g/mol. The topological polar surface area (TPSA) is 222 Å². The van der Waals surface area contributed by atoms with Crippen molar-refractivity contribution in [2.75, 3.05) is 39.3 Å². The van der Waals surface area contributed by atoms with Crippen molar-refractivity contribution < 1.29 is 27.5 Å². The van der Waals surface area contributed by atoms with Gasteiger partial charge in [-0.25, -0.2) is 0 Å². The SMILES string of the molecule is NCCN.NCCN.NCCN.O=[N+]([O-])[O-].[Ag+]. The molecule has 0 bridgehead atoms. The molecule has 10 nitrogen and oxygen atoms in total. The smallest absolute Gasteiger partial charge is 0.356 e. The fourth-order valence-electron chi connectivity index (χ4n) is 0. The van der Waals surface area contributed by atoms with Gasteiger partial charge in [-0.3, -0.25) is 0 Å². The molecule has 0 unspecified atom stereocenters. The van der Waals surface area contributed by atoms with E-state index >= 15 is 0 Å². The van der Waals surface area contributed by atoms with Crippen molar-refractivity contribution in [1.29, 1.82) is 0 Å². The Hall–Kier alpha value is -0.300. The molecule has 112 valence electrons. The zero-order valence-electron chi connectivity index (χ0n) is 9.68. The summed E-state index contributed by atoms with van der Waals surface area (Å²) in [5, 5.41) is 14.8. The zero-order valence-corrected chi connectivity index (χ0v) is 11.2. The van der Waals surface area contributed by atoms with E-state index in [-0.39, 0.29) is 22.4 Å². The first kappa shape index (κ1) is 30.1. The second-order valence-electron chi connectivity index (χ2n) is 1.96. The first-order valence-electron chi connectivity index (χ1n) is 4.50. The van der Waals surface area contributed by atoms with Crippen LogP contribution in [0, 0.1) is 15.3 Å². The summed E-state index contributed by atoms with van der Waals surface area (Å²) in [5.74, 6) is 0. The predicted octanol–water partition coefficient (Wildman–Crippen LogP) is -3.53. The van der Waals surface area contributed by atoms with E-state index < -0.39 is 5.09 Å². The molecule has 0 aliphatic heterocycles. The molecule has 0 aliphatic carbocycles. The van der Waals surface area contributed by atoms with E-state index in [2.05, 4.69) is 0 Å². The minimum absolute atomic E-state index is 0. The number of nitrogens with zero attached hydrogens (tertiary/aromatic N) is 1.